The Morgan fingerprint density at radius 1 is 0.884 bits per heavy atom. The van der Waals surface area contributed by atoms with Gasteiger partial charge < -0.3 is 25.4 Å². The number of unbranched alkanes of at least 4 members (excludes halogenated alkanes) is 4. The minimum Gasteiger partial charge on any atom is -0.508 e. The Kier molecular flexibility index (Phi) is 14.5. The van der Waals surface area contributed by atoms with E-state index in [1.54, 1.807) is 49.9 Å². The fourth-order valence-electron chi connectivity index (χ4n) is 5.02. The predicted octanol–water partition coefficient (Wildman–Crippen LogP) is 6.98. The first-order chi connectivity index (χ1) is 20.3. The Bertz CT molecular complexity index is 1140. The van der Waals surface area contributed by atoms with Gasteiger partial charge in [0.25, 0.3) is 0 Å². The lowest BCUT2D eigenvalue weighted by molar-refractivity contribution is -0.142. The molecule has 2 aromatic rings. The van der Waals surface area contributed by atoms with Crippen LogP contribution in [0.2, 0.25) is 0 Å². The number of hydrogen-bond donors (Lipinski definition) is 3. The maximum Gasteiger partial charge on any atom is 0.408 e. The van der Waals surface area contributed by atoms with Crippen molar-refractivity contribution in [2.45, 2.75) is 124 Å². The fourth-order valence-corrected chi connectivity index (χ4v) is 5.02. The number of hydrogen-bond acceptors (Lipinski definition) is 5. The highest BCUT2D eigenvalue weighted by Crippen LogP contribution is 2.26. The summed E-state index contributed by atoms with van der Waals surface area (Å²) in [6.45, 7) is 13.8. The van der Waals surface area contributed by atoms with Gasteiger partial charge in [0.1, 0.15) is 23.4 Å². The van der Waals surface area contributed by atoms with Crippen molar-refractivity contribution in [1.29, 1.82) is 0 Å². The minimum atomic E-state index is -0.996. The number of rotatable bonds is 16. The summed E-state index contributed by atoms with van der Waals surface area (Å²) in [5.74, 6) is -0.497. The third kappa shape index (κ3) is 12.7. The van der Waals surface area contributed by atoms with Crippen LogP contribution in [0.15, 0.2) is 48.5 Å². The summed E-state index contributed by atoms with van der Waals surface area (Å²) >= 11 is 0. The first-order valence-corrected chi connectivity index (χ1v) is 15.8. The molecule has 3 atom stereocenters. The zero-order chi connectivity index (χ0) is 32.0. The van der Waals surface area contributed by atoms with E-state index in [1.165, 1.54) is 0 Å². The maximum absolute atomic E-state index is 14.6. The molecule has 8 nitrogen and oxygen atoms in total. The summed E-state index contributed by atoms with van der Waals surface area (Å²) in [6, 6.07) is 12.3. The monoisotopic (exact) mass is 595 g/mol. The fraction of sp³-hybridized carbons (Fsp3) is 0.571. The summed E-state index contributed by atoms with van der Waals surface area (Å²) in [5, 5.41) is 15.7. The molecule has 8 heteroatoms. The molecule has 43 heavy (non-hydrogen) atoms. The smallest absolute Gasteiger partial charge is 0.408 e. The number of carbonyl (C=O) groups excluding carboxylic acids is 3. The molecule has 0 radical (unpaired) electrons. The lowest BCUT2D eigenvalue weighted by atomic mass is 9.98. The highest BCUT2D eigenvalue weighted by Gasteiger charge is 2.36. The molecular weight excluding hydrogens is 542 g/mol. The molecule has 3 N–H and O–H groups in total. The van der Waals surface area contributed by atoms with Gasteiger partial charge in [-0.2, -0.15) is 0 Å². The number of ether oxygens (including phenoxy) is 1. The molecule has 0 aliphatic rings. The Labute approximate surface area is 258 Å². The van der Waals surface area contributed by atoms with E-state index >= 15 is 0 Å². The second kappa shape index (κ2) is 17.5. The van der Waals surface area contributed by atoms with Crippen molar-refractivity contribution in [3.8, 4) is 5.75 Å². The van der Waals surface area contributed by atoms with Crippen molar-refractivity contribution in [3.05, 3.63) is 65.2 Å². The third-order valence-electron chi connectivity index (χ3n) is 7.21. The van der Waals surface area contributed by atoms with Crippen LogP contribution in [0.4, 0.5) is 4.79 Å². The molecule has 2 aromatic carbocycles. The summed E-state index contributed by atoms with van der Waals surface area (Å²) in [7, 11) is 0. The molecule has 0 bridgehead atoms. The molecule has 2 rings (SSSR count). The second-order valence-electron chi connectivity index (χ2n) is 12.5. The van der Waals surface area contributed by atoms with Crippen LogP contribution >= 0.6 is 0 Å². The van der Waals surface area contributed by atoms with Crippen molar-refractivity contribution in [1.82, 2.24) is 15.5 Å². The van der Waals surface area contributed by atoms with Crippen LogP contribution in [0.1, 0.15) is 109 Å². The van der Waals surface area contributed by atoms with Crippen molar-refractivity contribution >= 4 is 17.9 Å². The van der Waals surface area contributed by atoms with Gasteiger partial charge in [0.15, 0.2) is 0 Å². The van der Waals surface area contributed by atoms with Gasteiger partial charge in [-0.05, 0) is 70.7 Å². The van der Waals surface area contributed by atoms with Crippen molar-refractivity contribution in [2.24, 2.45) is 0 Å². The van der Waals surface area contributed by atoms with Crippen LogP contribution in [0.25, 0.3) is 0 Å². The quantitative estimate of drug-likeness (QED) is 0.182. The molecule has 0 heterocycles. The van der Waals surface area contributed by atoms with Crippen molar-refractivity contribution in [2.75, 3.05) is 6.54 Å². The van der Waals surface area contributed by atoms with Gasteiger partial charge in [0.2, 0.25) is 11.8 Å². The van der Waals surface area contributed by atoms with Crippen LogP contribution < -0.4 is 10.6 Å². The Morgan fingerprint density at radius 2 is 1.51 bits per heavy atom. The molecule has 0 aliphatic carbocycles. The number of nitrogens with one attached hydrogen (secondary N) is 2. The third-order valence-corrected chi connectivity index (χ3v) is 7.21. The van der Waals surface area contributed by atoms with E-state index in [-0.39, 0.29) is 30.0 Å². The lowest BCUT2D eigenvalue weighted by Crippen LogP contribution is -2.54. The van der Waals surface area contributed by atoms with E-state index in [4.69, 9.17) is 4.74 Å². The minimum absolute atomic E-state index is 0.0559. The predicted molar refractivity (Wildman–Crippen MR) is 172 cm³/mol. The number of aryl methyl sites for hydroxylation is 1. The lowest BCUT2D eigenvalue weighted by Gasteiger charge is -2.35. The van der Waals surface area contributed by atoms with Gasteiger partial charge in [-0.3, -0.25) is 9.59 Å². The number of carbonyl (C=O) groups is 3. The summed E-state index contributed by atoms with van der Waals surface area (Å²) in [6.07, 6.45) is 6.10. The maximum atomic E-state index is 14.6. The zero-order valence-corrected chi connectivity index (χ0v) is 27.2. The number of phenolic OH excluding ortho intramolecular Hbond substituents is 1. The number of alkyl carbamates (subject to hydrolysis) is 1. The Morgan fingerprint density at radius 3 is 2.09 bits per heavy atom. The SMILES string of the molecule is CCCCCCCN(C(=O)C(Cc1ccc(O)cc1)NC(=O)OC(C)(C)C)C(C(=O)NC(C)CCC)c1ccc(C)cc1. The standard InChI is InChI=1S/C35H53N3O5/c1-8-10-11-12-13-23-38(31(28-19-15-25(3)16-20-28)32(40)36-26(4)14-9-2)33(41)30(37-34(42)43-35(5,6)7)24-27-17-21-29(39)22-18-27/h15-22,26,30-31,39H,8-14,23-24H2,1-7H3,(H,36,40)(H,37,42). The number of aromatic hydroxyl groups is 1. The molecule has 0 saturated heterocycles. The molecule has 0 spiro atoms. The Balaban J connectivity index is 2.55. The van der Waals surface area contributed by atoms with Gasteiger partial charge >= 0.3 is 6.09 Å². The number of benzene rings is 2. The van der Waals surface area contributed by atoms with Crippen LogP contribution in [-0.2, 0) is 20.7 Å². The van der Waals surface area contributed by atoms with E-state index in [2.05, 4.69) is 24.5 Å². The molecule has 0 saturated carbocycles. The molecular formula is C35H53N3O5. The van der Waals surface area contributed by atoms with E-state index in [0.717, 1.165) is 56.1 Å². The number of nitrogens with zero attached hydrogens (tertiary/aromatic N) is 1. The van der Waals surface area contributed by atoms with E-state index in [0.29, 0.717) is 12.1 Å². The molecule has 0 fully saturated rings. The van der Waals surface area contributed by atoms with Gasteiger partial charge in [-0.1, -0.05) is 87.9 Å². The average molecular weight is 596 g/mol. The van der Waals surface area contributed by atoms with Gasteiger partial charge in [-0.15, -0.1) is 0 Å². The largest absolute Gasteiger partial charge is 0.508 e. The number of phenols is 1. The van der Waals surface area contributed by atoms with Crippen LogP contribution in [0.3, 0.4) is 0 Å². The molecule has 0 aromatic heterocycles. The highest BCUT2D eigenvalue weighted by atomic mass is 16.6. The molecule has 0 aliphatic heterocycles. The second-order valence-corrected chi connectivity index (χ2v) is 12.5. The first-order valence-electron chi connectivity index (χ1n) is 15.8. The normalized spacial score (nSPS) is 13.5. The van der Waals surface area contributed by atoms with E-state index in [9.17, 15) is 19.5 Å². The molecule has 3 unspecified atom stereocenters. The Hall–Kier alpha value is -3.55. The molecule has 3 amide bonds. The van der Waals surface area contributed by atoms with Gasteiger partial charge in [0.05, 0.1) is 0 Å². The van der Waals surface area contributed by atoms with Gasteiger partial charge in [-0.25, -0.2) is 4.79 Å². The highest BCUT2D eigenvalue weighted by molar-refractivity contribution is 5.92. The van der Waals surface area contributed by atoms with Crippen molar-refractivity contribution < 1.29 is 24.2 Å². The van der Waals surface area contributed by atoms with Crippen LogP contribution in [0, 0.1) is 6.92 Å². The molecule has 238 valence electrons. The van der Waals surface area contributed by atoms with E-state index < -0.39 is 23.8 Å². The van der Waals surface area contributed by atoms with E-state index in [1.807, 2.05) is 38.1 Å². The van der Waals surface area contributed by atoms with Gasteiger partial charge in [0, 0.05) is 19.0 Å². The summed E-state index contributed by atoms with van der Waals surface area (Å²) in [4.78, 5) is 43.1. The average Bonchev–Trinajstić information content (AvgIpc) is 2.92. The topological polar surface area (TPSA) is 108 Å². The van der Waals surface area contributed by atoms with Crippen LogP contribution in [0.5, 0.6) is 5.75 Å². The zero-order valence-electron chi connectivity index (χ0n) is 27.2. The van der Waals surface area contributed by atoms with Crippen LogP contribution in [-0.4, -0.2) is 52.1 Å². The van der Waals surface area contributed by atoms with Crippen molar-refractivity contribution in [3.63, 3.8) is 0 Å². The number of amides is 3. The summed E-state index contributed by atoms with van der Waals surface area (Å²) < 4.78 is 5.53. The first kappa shape index (κ1) is 35.6. The summed E-state index contributed by atoms with van der Waals surface area (Å²) in [5.41, 5.74) is 1.77.